The van der Waals surface area contributed by atoms with Gasteiger partial charge in [-0.15, -0.1) is 24.8 Å². The first kappa shape index (κ1) is 21.2. The molecule has 1 saturated heterocycles. The minimum Gasteiger partial charge on any atom is -0.379 e. The fourth-order valence-corrected chi connectivity index (χ4v) is 2.92. The summed E-state index contributed by atoms with van der Waals surface area (Å²) < 4.78 is 5.36. The van der Waals surface area contributed by atoms with Crippen LogP contribution in [0.15, 0.2) is 24.3 Å². The summed E-state index contributed by atoms with van der Waals surface area (Å²) in [5.74, 6) is -0.0175. The summed E-state index contributed by atoms with van der Waals surface area (Å²) in [6, 6.07) is 8.44. The Morgan fingerprint density at radius 1 is 1.12 bits per heavy atom. The number of carbonyl (C=O) groups is 1. The summed E-state index contributed by atoms with van der Waals surface area (Å²) in [7, 11) is 0. The van der Waals surface area contributed by atoms with E-state index in [2.05, 4.69) is 34.5 Å². The third kappa shape index (κ3) is 5.33. The zero-order chi connectivity index (χ0) is 15.4. The van der Waals surface area contributed by atoms with Crippen LogP contribution in [0.4, 0.5) is 0 Å². The van der Waals surface area contributed by atoms with Gasteiger partial charge in [0.1, 0.15) is 0 Å². The number of rotatable bonds is 5. The Labute approximate surface area is 156 Å². The van der Waals surface area contributed by atoms with Crippen LogP contribution < -0.4 is 11.1 Å². The van der Waals surface area contributed by atoms with E-state index in [0.29, 0.717) is 6.54 Å². The van der Waals surface area contributed by atoms with Gasteiger partial charge in [-0.3, -0.25) is 9.69 Å². The summed E-state index contributed by atoms with van der Waals surface area (Å²) in [5.41, 5.74) is 7.81. The van der Waals surface area contributed by atoms with Crippen molar-refractivity contribution >= 4 is 30.7 Å². The lowest BCUT2D eigenvalue weighted by molar-refractivity contribution is -0.129. The molecule has 1 saturated carbocycles. The van der Waals surface area contributed by atoms with Crippen LogP contribution in [-0.2, 0) is 22.6 Å². The first-order valence-electron chi connectivity index (χ1n) is 8.11. The van der Waals surface area contributed by atoms with Crippen molar-refractivity contribution in [3.05, 3.63) is 35.4 Å². The molecule has 0 bridgehead atoms. The van der Waals surface area contributed by atoms with Crippen LogP contribution in [0.5, 0.6) is 0 Å². The Balaban J connectivity index is 0.00000144. The minimum absolute atomic E-state index is 0. The molecule has 24 heavy (non-hydrogen) atoms. The molecule has 1 heterocycles. The molecule has 2 aliphatic rings. The van der Waals surface area contributed by atoms with E-state index in [1.165, 1.54) is 5.56 Å². The van der Waals surface area contributed by atoms with Gasteiger partial charge in [-0.1, -0.05) is 24.3 Å². The zero-order valence-electron chi connectivity index (χ0n) is 13.8. The standard InChI is InChI=1S/C17H25N3O2.2ClH/c18-17(6-1-7-17)16(21)19-12-14-2-4-15(5-3-14)13-20-8-10-22-11-9-20;;/h2-5H,1,6-13,18H2,(H,19,21);2*1H. The second-order valence-electron chi connectivity index (χ2n) is 6.40. The topological polar surface area (TPSA) is 67.6 Å². The number of ether oxygens (including phenoxy) is 1. The van der Waals surface area contributed by atoms with E-state index >= 15 is 0 Å². The van der Waals surface area contributed by atoms with Crippen molar-refractivity contribution in [2.45, 2.75) is 37.9 Å². The lowest BCUT2D eigenvalue weighted by Gasteiger charge is -2.36. The quantitative estimate of drug-likeness (QED) is 0.823. The maximum Gasteiger partial charge on any atom is 0.240 e. The van der Waals surface area contributed by atoms with Crippen LogP contribution in [0.1, 0.15) is 30.4 Å². The Morgan fingerprint density at radius 3 is 2.25 bits per heavy atom. The fraction of sp³-hybridized carbons (Fsp3) is 0.588. The summed E-state index contributed by atoms with van der Waals surface area (Å²) in [5, 5.41) is 2.95. The predicted octanol–water partition coefficient (Wildman–Crippen LogP) is 1.86. The van der Waals surface area contributed by atoms with Crippen LogP contribution in [-0.4, -0.2) is 42.6 Å². The molecule has 0 spiro atoms. The number of hydrogen-bond donors (Lipinski definition) is 2. The van der Waals surface area contributed by atoms with Gasteiger partial charge in [0, 0.05) is 26.2 Å². The Bertz CT molecular complexity index is 515. The van der Waals surface area contributed by atoms with E-state index in [1.807, 2.05) is 0 Å². The van der Waals surface area contributed by atoms with Gasteiger partial charge >= 0.3 is 0 Å². The van der Waals surface area contributed by atoms with Gasteiger partial charge in [-0.2, -0.15) is 0 Å². The zero-order valence-corrected chi connectivity index (χ0v) is 15.5. The van der Waals surface area contributed by atoms with Crippen LogP contribution in [0.25, 0.3) is 0 Å². The number of morpholine rings is 1. The summed E-state index contributed by atoms with van der Waals surface area (Å²) in [6.45, 7) is 5.15. The Kier molecular flexibility index (Phi) is 8.46. The van der Waals surface area contributed by atoms with E-state index < -0.39 is 5.54 Å². The molecule has 136 valence electrons. The average Bonchev–Trinajstić information content (AvgIpc) is 2.52. The van der Waals surface area contributed by atoms with E-state index in [4.69, 9.17) is 10.5 Å². The Morgan fingerprint density at radius 2 is 1.71 bits per heavy atom. The van der Waals surface area contributed by atoms with E-state index in [9.17, 15) is 4.79 Å². The van der Waals surface area contributed by atoms with E-state index in [0.717, 1.165) is 57.7 Å². The van der Waals surface area contributed by atoms with Crippen molar-refractivity contribution in [2.24, 2.45) is 5.73 Å². The molecule has 0 aromatic heterocycles. The summed E-state index contributed by atoms with van der Waals surface area (Å²) in [6.07, 6.45) is 2.66. The number of hydrogen-bond acceptors (Lipinski definition) is 4. The third-order valence-electron chi connectivity index (χ3n) is 4.68. The van der Waals surface area contributed by atoms with E-state index in [1.54, 1.807) is 0 Å². The lowest BCUT2D eigenvalue weighted by Crippen LogP contribution is -2.58. The molecule has 0 unspecified atom stereocenters. The molecule has 2 fully saturated rings. The van der Waals surface area contributed by atoms with Crippen LogP contribution in [0.3, 0.4) is 0 Å². The normalized spacial score (nSPS) is 19.4. The van der Waals surface area contributed by atoms with Crippen molar-refractivity contribution in [1.29, 1.82) is 0 Å². The number of amides is 1. The highest BCUT2D eigenvalue weighted by Crippen LogP contribution is 2.29. The molecule has 0 atom stereocenters. The SMILES string of the molecule is Cl.Cl.NC1(C(=O)NCc2ccc(CN3CCOCC3)cc2)CCC1. The molecule has 1 aromatic rings. The minimum atomic E-state index is -0.615. The van der Waals surface area contributed by atoms with Crippen molar-refractivity contribution in [1.82, 2.24) is 10.2 Å². The third-order valence-corrected chi connectivity index (χ3v) is 4.68. The first-order valence-corrected chi connectivity index (χ1v) is 8.11. The molecule has 3 rings (SSSR count). The van der Waals surface area contributed by atoms with Crippen LogP contribution >= 0.6 is 24.8 Å². The molecule has 1 aliphatic carbocycles. The molecule has 1 aliphatic heterocycles. The van der Waals surface area contributed by atoms with Gasteiger partial charge in [-0.05, 0) is 30.4 Å². The molecule has 0 radical (unpaired) electrons. The fourth-order valence-electron chi connectivity index (χ4n) is 2.92. The van der Waals surface area contributed by atoms with Crippen molar-refractivity contribution in [3.8, 4) is 0 Å². The highest BCUT2D eigenvalue weighted by molar-refractivity contribution is 5.87. The largest absolute Gasteiger partial charge is 0.379 e. The molecule has 5 nitrogen and oxygen atoms in total. The maximum absolute atomic E-state index is 12.0. The molecule has 3 N–H and O–H groups in total. The summed E-state index contributed by atoms with van der Waals surface area (Å²) in [4.78, 5) is 14.4. The Hall–Kier alpha value is -0.850. The van der Waals surface area contributed by atoms with Crippen LogP contribution in [0, 0.1) is 0 Å². The number of nitrogens with zero attached hydrogens (tertiary/aromatic N) is 1. The van der Waals surface area contributed by atoms with Crippen molar-refractivity contribution in [3.63, 3.8) is 0 Å². The number of nitrogens with one attached hydrogen (secondary N) is 1. The number of carbonyl (C=O) groups excluding carboxylic acids is 1. The van der Waals surface area contributed by atoms with Crippen LogP contribution in [0.2, 0.25) is 0 Å². The van der Waals surface area contributed by atoms with Crippen molar-refractivity contribution < 1.29 is 9.53 Å². The maximum atomic E-state index is 12.0. The number of nitrogens with two attached hydrogens (primary N) is 1. The van der Waals surface area contributed by atoms with Gasteiger partial charge < -0.3 is 15.8 Å². The number of halogens is 2. The monoisotopic (exact) mass is 375 g/mol. The first-order chi connectivity index (χ1) is 10.7. The lowest BCUT2D eigenvalue weighted by atomic mass is 9.77. The molecular formula is C17H27Cl2N3O2. The number of benzene rings is 1. The average molecular weight is 376 g/mol. The molecule has 7 heteroatoms. The van der Waals surface area contributed by atoms with Gasteiger partial charge in [0.15, 0.2) is 0 Å². The molecule has 1 amide bonds. The van der Waals surface area contributed by atoms with Gasteiger partial charge in [0.05, 0.1) is 18.8 Å². The van der Waals surface area contributed by atoms with Gasteiger partial charge in [-0.25, -0.2) is 0 Å². The van der Waals surface area contributed by atoms with Gasteiger partial charge in [0.2, 0.25) is 5.91 Å². The smallest absolute Gasteiger partial charge is 0.240 e. The van der Waals surface area contributed by atoms with Crippen molar-refractivity contribution in [2.75, 3.05) is 26.3 Å². The molecular weight excluding hydrogens is 349 g/mol. The second kappa shape index (κ2) is 9.59. The summed E-state index contributed by atoms with van der Waals surface area (Å²) >= 11 is 0. The highest BCUT2D eigenvalue weighted by atomic mass is 35.5. The highest BCUT2D eigenvalue weighted by Gasteiger charge is 2.39. The van der Waals surface area contributed by atoms with Gasteiger partial charge in [0.25, 0.3) is 0 Å². The molecule has 1 aromatic carbocycles. The predicted molar refractivity (Wildman–Crippen MR) is 99.7 cm³/mol. The van der Waals surface area contributed by atoms with E-state index in [-0.39, 0.29) is 30.7 Å². The second-order valence-corrected chi connectivity index (χ2v) is 6.40.